The van der Waals surface area contributed by atoms with Crippen LogP contribution in [0.25, 0.3) is 52.6 Å². The molecule has 0 aliphatic rings. The normalized spacial score (nSPS) is 12.6. The summed E-state index contributed by atoms with van der Waals surface area (Å²) in [5.74, 6) is 0.954. The molecule has 3 heterocycles. The molecule has 0 saturated heterocycles. The summed E-state index contributed by atoms with van der Waals surface area (Å²) in [6.45, 7) is 23.5. The number of ketones is 1. The standard InChI is InChI=1S/C33H30NS2.C15H28O2.Ir/c1-20(2)14-21-10-11-25-27(19-35-30(25)15-21)31-18-26-29(36-31)12-13-34-32(26)23-16-22-8-6-7-9-24(22)28(17-23)33(3,4)5;1-7-14(5,8-2)12(16)11-13(17)15(6,9-3)10-4;/h6-13,15,17-20H,14H2,1-5H3;11,16H,7-10H2,1-6H3;/q-1;;/b;12-11-;. The van der Waals surface area contributed by atoms with E-state index >= 15 is 0 Å². The Labute approximate surface area is 345 Å². The van der Waals surface area contributed by atoms with Crippen LogP contribution in [0.1, 0.15) is 113 Å². The fraction of sp³-hybridized carbons (Fsp3) is 0.417. The van der Waals surface area contributed by atoms with Gasteiger partial charge >= 0.3 is 0 Å². The van der Waals surface area contributed by atoms with Crippen molar-refractivity contribution in [2.45, 2.75) is 114 Å². The first-order chi connectivity index (χ1) is 25.1. The summed E-state index contributed by atoms with van der Waals surface area (Å²) >= 11 is 3.71. The molecule has 3 aromatic heterocycles. The van der Waals surface area contributed by atoms with E-state index in [0.717, 1.165) is 48.7 Å². The number of carbonyl (C=O) groups is 1. The van der Waals surface area contributed by atoms with E-state index in [9.17, 15) is 9.90 Å². The van der Waals surface area contributed by atoms with Gasteiger partial charge in [0, 0.05) is 79.5 Å². The zero-order valence-electron chi connectivity index (χ0n) is 34.1. The molecule has 0 amide bonds. The number of rotatable bonds is 11. The zero-order chi connectivity index (χ0) is 38.7. The molecule has 6 aromatic rings. The zero-order valence-corrected chi connectivity index (χ0v) is 38.1. The number of hydrogen-bond donors (Lipinski definition) is 1. The average molecular weight is 937 g/mol. The van der Waals surface area contributed by atoms with Crippen LogP contribution in [0.5, 0.6) is 0 Å². The molecule has 0 unspecified atom stereocenters. The van der Waals surface area contributed by atoms with Gasteiger partial charge in [0.15, 0.2) is 5.78 Å². The fourth-order valence-electron chi connectivity index (χ4n) is 6.83. The SMILES string of the molecule is CC(C)Cc1ccc2c(-c3cc4c(-c5[c-]c6ccccc6c(C(C)(C)C)c5)nccc4s3)csc2c1.CCC(C)(CC)C(=O)/C=C(\O)C(C)(CC)CC.[Ir]. The van der Waals surface area contributed by atoms with Crippen molar-refractivity contribution >= 4 is 59.4 Å². The van der Waals surface area contributed by atoms with E-state index < -0.39 is 0 Å². The van der Waals surface area contributed by atoms with Gasteiger partial charge in [0.2, 0.25) is 0 Å². The van der Waals surface area contributed by atoms with E-state index in [-0.39, 0.29) is 47.9 Å². The van der Waals surface area contributed by atoms with Crippen LogP contribution in [0, 0.1) is 22.8 Å². The van der Waals surface area contributed by atoms with Crippen molar-refractivity contribution in [3.63, 3.8) is 0 Å². The third-order valence-corrected chi connectivity index (χ3v) is 13.5. The summed E-state index contributed by atoms with van der Waals surface area (Å²) in [6, 6.07) is 26.1. The average Bonchev–Trinajstić information content (AvgIpc) is 3.77. The van der Waals surface area contributed by atoms with Crippen molar-refractivity contribution < 1.29 is 30.0 Å². The number of carbonyl (C=O) groups excluding carboxylic acids is 1. The monoisotopic (exact) mass is 937 g/mol. The Bertz CT molecular complexity index is 2240. The van der Waals surface area contributed by atoms with Gasteiger partial charge in [-0.05, 0) is 72.6 Å². The minimum absolute atomic E-state index is 0. The number of hydrogen-bond acceptors (Lipinski definition) is 5. The van der Waals surface area contributed by atoms with Crippen LogP contribution < -0.4 is 0 Å². The van der Waals surface area contributed by atoms with Gasteiger partial charge < -0.3 is 5.11 Å². The van der Waals surface area contributed by atoms with Gasteiger partial charge in [-0.3, -0.25) is 9.78 Å². The maximum atomic E-state index is 12.2. The maximum absolute atomic E-state index is 12.2. The summed E-state index contributed by atoms with van der Waals surface area (Å²) in [5.41, 5.74) is 5.61. The van der Waals surface area contributed by atoms with Crippen molar-refractivity contribution in [3.05, 3.63) is 101 Å². The van der Waals surface area contributed by atoms with Crippen LogP contribution in [0.4, 0.5) is 0 Å². The first-order valence-corrected chi connectivity index (χ1v) is 21.1. The summed E-state index contributed by atoms with van der Waals surface area (Å²) in [4.78, 5) is 18.4. The molecule has 3 aromatic carbocycles. The van der Waals surface area contributed by atoms with E-state index in [4.69, 9.17) is 4.98 Å². The number of fused-ring (bicyclic) bond motifs is 3. The molecule has 54 heavy (non-hydrogen) atoms. The smallest absolute Gasteiger partial charge is 0.164 e. The predicted molar refractivity (Wildman–Crippen MR) is 233 cm³/mol. The Morgan fingerprint density at radius 2 is 1.50 bits per heavy atom. The number of nitrogens with zero attached hydrogens (tertiary/aromatic N) is 1. The van der Waals surface area contributed by atoms with E-state index in [0.29, 0.717) is 5.92 Å². The number of allylic oxidation sites excluding steroid dienone is 2. The first-order valence-electron chi connectivity index (χ1n) is 19.4. The Kier molecular flexibility index (Phi) is 14.3. The molecule has 0 spiro atoms. The van der Waals surface area contributed by atoms with Gasteiger partial charge in [0.25, 0.3) is 0 Å². The Balaban J connectivity index is 0.000000309. The molecule has 6 rings (SSSR count). The molecule has 1 radical (unpaired) electrons. The minimum Gasteiger partial charge on any atom is -0.512 e. The van der Waals surface area contributed by atoms with Crippen molar-refractivity contribution in [1.29, 1.82) is 0 Å². The van der Waals surface area contributed by atoms with Crippen molar-refractivity contribution in [3.8, 4) is 21.7 Å². The topological polar surface area (TPSA) is 50.2 Å². The van der Waals surface area contributed by atoms with Crippen molar-refractivity contribution in [2.24, 2.45) is 16.7 Å². The molecule has 0 saturated carbocycles. The number of thiophene rings is 2. The number of aromatic nitrogens is 1. The quantitative estimate of drug-likeness (QED) is 0.0800. The van der Waals surface area contributed by atoms with Crippen LogP contribution in [0.2, 0.25) is 0 Å². The first kappa shape index (κ1) is 43.6. The van der Waals surface area contributed by atoms with E-state index in [2.05, 4.69) is 107 Å². The van der Waals surface area contributed by atoms with E-state index in [1.54, 1.807) is 0 Å². The minimum atomic E-state index is -0.337. The summed E-state index contributed by atoms with van der Waals surface area (Å²) in [6.07, 6.45) is 7.83. The van der Waals surface area contributed by atoms with Crippen LogP contribution >= 0.6 is 22.7 Å². The molecule has 0 fully saturated rings. The van der Waals surface area contributed by atoms with Gasteiger partial charge in [0.05, 0.1) is 0 Å². The molecule has 6 heteroatoms. The Morgan fingerprint density at radius 1 is 0.833 bits per heavy atom. The molecule has 0 atom stereocenters. The van der Waals surface area contributed by atoms with Gasteiger partial charge in [-0.25, -0.2) is 0 Å². The van der Waals surface area contributed by atoms with Crippen LogP contribution in [-0.4, -0.2) is 15.9 Å². The summed E-state index contributed by atoms with van der Waals surface area (Å²) in [5, 5.41) is 17.4. The van der Waals surface area contributed by atoms with Gasteiger partial charge in [-0.2, -0.15) is 0 Å². The molecule has 1 N–H and O–H groups in total. The second-order valence-corrected chi connectivity index (χ2v) is 18.6. The van der Waals surface area contributed by atoms with Gasteiger partial charge in [-0.1, -0.05) is 117 Å². The summed E-state index contributed by atoms with van der Waals surface area (Å²) < 4.78 is 2.64. The maximum Gasteiger partial charge on any atom is 0.164 e. The number of aliphatic hydroxyl groups is 1. The van der Waals surface area contributed by atoms with Crippen molar-refractivity contribution in [1.82, 2.24) is 4.98 Å². The second kappa shape index (κ2) is 17.8. The van der Waals surface area contributed by atoms with Crippen LogP contribution in [0.15, 0.2) is 84.1 Å². The largest absolute Gasteiger partial charge is 0.512 e. The van der Waals surface area contributed by atoms with E-state index in [1.165, 1.54) is 53.2 Å². The number of benzene rings is 3. The third-order valence-electron chi connectivity index (χ3n) is 11.4. The molecule has 3 nitrogen and oxygen atoms in total. The molecule has 0 aliphatic carbocycles. The molecular weight excluding hydrogens is 879 g/mol. The Hall–Kier alpha value is -3.15. The van der Waals surface area contributed by atoms with Crippen LogP contribution in [0.3, 0.4) is 0 Å². The van der Waals surface area contributed by atoms with Crippen LogP contribution in [-0.2, 0) is 36.7 Å². The predicted octanol–water partition coefficient (Wildman–Crippen LogP) is 14.9. The van der Waals surface area contributed by atoms with Gasteiger partial charge in [0.1, 0.15) is 5.76 Å². The Morgan fingerprint density at radius 3 is 2.13 bits per heavy atom. The fourth-order valence-corrected chi connectivity index (χ4v) is 9.02. The molecule has 289 valence electrons. The van der Waals surface area contributed by atoms with Gasteiger partial charge in [-0.15, -0.1) is 51.8 Å². The second-order valence-electron chi connectivity index (χ2n) is 16.6. The molecule has 0 aliphatic heterocycles. The third kappa shape index (κ3) is 9.27. The van der Waals surface area contributed by atoms with Crippen molar-refractivity contribution in [2.75, 3.05) is 0 Å². The van der Waals surface area contributed by atoms with E-state index in [1.807, 2.05) is 70.4 Å². The molecule has 0 bridgehead atoms. The number of pyridine rings is 1. The molecular formula is C48H58IrNO2S2-. The summed E-state index contributed by atoms with van der Waals surface area (Å²) in [7, 11) is 0. The number of aliphatic hydroxyl groups excluding tert-OH is 1.